The molecule has 0 aliphatic rings. The average Bonchev–Trinajstić information content (AvgIpc) is 2.53. The fourth-order valence-corrected chi connectivity index (χ4v) is 2.94. The number of nitrogens with zero attached hydrogens (tertiary/aromatic N) is 1. The van der Waals surface area contributed by atoms with Crippen LogP contribution in [-0.2, 0) is 17.5 Å². The third-order valence-corrected chi connectivity index (χ3v) is 4.99. The minimum absolute atomic E-state index is 0.559. The molecule has 0 radical (unpaired) electrons. The van der Waals surface area contributed by atoms with Gasteiger partial charge in [-0.05, 0) is 29.8 Å². The Kier molecular flexibility index (Phi) is 5.51. The van der Waals surface area contributed by atoms with Gasteiger partial charge in [-0.1, -0.05) is 37.3 Å². The largest absolute Gasteiger partial charge is 0.327 e. The first-order valence-electron chi connectivity index (χ1n) is 6.99. The van der Waals surface area contributed by atoms with Crippen molar-refractivity contribution in [2.45, 2.75) is 19.9 Å². The van der Waals surface area contributed by atoms with E-state index in [-0.39, 0.29) is 0 Å². The van der Waals surface area contributed by atoms with E-state index >= 15 is 0 Å². The predicted octanol–water partition coefficient (Wildman–Crippen LogP) is 3.33. The first-order valence-corrected chi connectivity index (χ1v) is 8.81. The maximum Gasteiger partial charge on any atom is 0.0762 e. The zero-order valence-electron chi connectivity index (χ0n) is 11.8. The number of nitrogens with two attached hydrogens (primary N) is 1. The molecule has 20 heavy (non-hydrogen) atoms. The monoisotopic (exact) mass is 288 g/mol. The van der Waals surface area contributed by atoms with Crippen molar-refractivity contribution in [2.75, 3.05) is 12.3 Å². The first kappa shape index (κ1) is 15.0. The van der Waals surface area contributed by atoms with E-state index in [0.717, 1.165) is 41.1 Å². The van der Waals surface area contributed by atoms with Crippen molar-refractivity contribution in [3.63, 3.8) is 0 Å². The van der Waals surface area contributed by atoms with Crippen LogP contribution >= 0.6 is 7.80 Å². The molecule has 2 rings (SSSR count). The van der Waals surface area contributed by atoms with Crippen LogP contribution in [0.3, 0.4) is 0 Å². The van der Waals surface area contributed by atoms with E-state index in [9.17, 15) is 4.57 Å². The topological polar surface area (TPSA) is 56.0 Å². The summed E-state index contributed by atoms with van der Waals surface area (Å²) in [5.41, 5.74) is 9.91. The summed E-state index contributed by atoms with van der Waals surface area (Å²) in [6.45, 7) is 2.54. The molecule has 1 heterocycles. The summed E-state index contributed by atoms with van der Waals surface area (Å²) in [6.07, 6.45) is 4.32. The highest BCUT2D eigenvalue weighted by Gasteiger charge is 2.02. The van der Waals surface area contributed by atoms with E-state index in [1.165, 1.54) is 0 Å². The van der Waals surface area contributed by atoms with Crippen molar-refractivity contribution in [1.82, 2.24) is 4.98 Å². The number of aromatic nitrogens is 1. The summed E-state index contributed by atoms with van der Waals surface area (Å²) in [5.74, 6) is 0. The second-order valence-corrected chi connectivity index (χ2v) is 7.13. The van der Waals surface area contributed by atoms with E-state index in [0.29, 0.717) is 6.54 Å². The molecule has 0 spiro atoms. The maximum absolute atomic E-state index is 11.5. The van der Waals surface area contributed by atoms with Gasteiger partial charge in [0.15, 0.2) is 0 Å². The number of rotatable bonds is 6. The number of benzene rings is 1. The third kappa shape index (κ3) is 4.03. The lowest BCUT2D eigenvalue weighted by Crippen LogP contribution is -1.95. The molecule has 1 atom stereocenters. The minimum atomic E-state index is -1.39. The van der Waals surface area contributed by atoms with Gasteiger partial charge in [0.2, 0.25) is 0 Å². The maximum atomic E-state index is 11.5. The SMILES string of the molecule is CC[PH](=O)CCc1ccc(-c2ccc(CN)cc2)nc1. The number of hydrogen-bond donors (Lipinski definition) is 1. The van der Waals surface area contributed by atoms with E-state index in [4.69, 9.17) is 5.73 Å². The molecule has 3 nitrogen and oxygen atoms in total. The van der Waals surface area contributed by atoms with Crippen molar-refractivity contribution in [1.29, 1.82) is 0 Å². The van der Waals surface area contributed by atoms with Crippen molar-refractivity contribution in [3.8, 4) is 11.3 Å². The van der Waals surface area contributed by atoms with E-state index in [1.807, 2.05) is 43.5 Å². The Morgan fingerprint density at radius 2 is 1.80 bits per heavy atom. The standard InChI is InChI=1S/C16H21N2OP/c1-2-20(19)10-9-14-5-8-16(18-12-14)15-6-3-13(11-17)4-7-15/h3-8,12,20H,2,9-11,17H2,1H3. The van der Waals surface area contributed by atoms with Crippen LogP contribution in [0.2, 0.25) is 0 Å². The Labute approximate surface area is 121 Å². The third-order valence-electron chi connectivity index (χ3n) is 3.40. The first-order chi connectivity index (χ1) is 9.72. The van der Waals surface area contributed by atoms with Gasteiger partial charge in [-0.2, -0.15) is 0 Å². The molecule has 0 aliphatic carbocycles. The summed E-state index contributed by atoms with van der Waals surface area (Å²) in [5, 5.41) is 0. The van der Waals surface area contributed by atoms with Crippen molar-refractivity contribution < 1.29 is 4.57 Å². The number of pyridine rings is 1. The lowest BCUT2D eigenvalue weighted by Gasteiger charge is -2.04. The van der Waals surface area contributed by atoms with Gasteiger partial charge in [-0.15, -0.1) is 0 Å². The molecule has 0 saturated carbocycles. The van der Waals surface area contributed by atoms with E-state index in [2.05, 4.69) is 11.1 Å². The van der Waals surface area contributed by atoms with Crippen LogP contribution in [0.25, 0.3) is 11.3 Å². The van der Waals surface area contributed by atoms with Gasteiger partial charge >= 0.3 is 0 Å². The second-order valence-electron chi connectivity index (χ2n) is 4.84. The molecule has 1 aromatic heterocycles. The normalized spacial score (nSPS) is 12.3. The zero-order valence-corrected chi connectivity index (χ0v) is 12.8. The smallest absolute Gasteiger partial charge is 0.0762 e. The molecule has 0 bridgehead atoms. The van der Waals surface area contributed by atoms with Crippen molar-refractivity contribution >= 4 is 7.80 Å². The van der Waals surface area contributed by atoms with Gasteiger partial charge in [-0.3, -0.25) is 4.98 Å². The lowest BCUT2D eigenvalue weighted by atomic mass is 10.1. The highest BCUT2D eigenvalue weighted by atomic mass is 31.1. The molecule has 0 fully saturated rings. The summed E-state index contributed by atoms with van der Waals surface area (Å²) in [6, 6.07) is 12.2. The highest BCUT2D eigenvalue weighted by Crippen LogP contribution is 2.22. The van der Waals surface area contributed by atoms with Crippen LogP contribution in [0, 0.1) is 0 Å². The molecule has 2 N–H and O–H groups in total. The Morgan fingerprint density at radius 1 is 1.10 bits per heavy atom. The zero-order chi connectivity index (χ0) is 14.4. The van der Waals surface area contributed by atoms with Crippen LogP contribution in [0.1, 0.15) is 18.1 Å². The fraction of sp³-hybridized carbons (Fsp3) is 0.312. The molecule has 2 aromatic rings. The molecule has 1 unspecified atom stereocenters. The molecule has 106 valence electrons. The fourth-order valence-electron chi connectivity index (χ4n) is 2.02. The Balaban J connectivity index is 2.05. The van der Waals surface area contributed by atoms with Crippen LogP contribution in [-0.4, -0.2) is 17.3 Å². The summed E-state index contributed by atoms with van der Waals surface area (Å²) in [7, 11) is -1.39. The van der Waals surface area contributed by atoms with Gasteiger partial charge in [0.05, 0.1) is 13.5 Å². The van der Waals surface area contributed by atoms with Crippen LogP contribution in [0.5, 0.6) is 0 Å². The summed E-state index contributed by atoms with van der Waals surface area (Å²) >= 11 is 0. The van der Waals surface area contributed by atoms with Crippen LogP contribution in [0.15, 0.2) is 42.6 Å². The van der Waals surface area contributed by atoms with Gasteiger partial charge in [0.1, 0.15) is 0 Å². The molecule has 0 saturated heterocycles. The Morgan fingerprint density at radius 3 is 2.35 bits per heavy atom. The molecule has 4 heteroatoms. The van der Waals surface area contributed by atoms with Crippen molar-refractivity contribution in [3.05, 3.63) is 53.7 Å². The average molecular weight is 288 g/mol. The molecule has 0 aliphatic heterocycles. The van der Waals surface area contributed by atoms with E-state index in [1.54, 1.807) is 0 Å². The number of hydrogen-bond acceptors (Lipinski definition) is 3. The Bertz CT molecular complexity index is 564. The second kappa shape index (κ2) is 7.37. The minimum Gasteiger partial charge on any atom is -0.327 e. The van der Waals surface area contributed by atoms with Gasteiger partial charge < -0.3 is 10.3 Å². The van der Waals surface area contributed by atoms with Gasteiger partial charge in [0, 0.05) is 24.5 Å². The Hall–Kier alpha value is -1.44. The van der Waals surface area contributed by atoms with Crippen molar-refractivity contribution in [2.24, 2.45) is 5.73 Å². The van der Waals surface area contributed by atoms with Crippen LogP contribution < -0.4 is 5.73 Å². The lowest BCUT2D eigenvalue weighted by molar-refractivity contribution is 0.588. The molecular weight excluding hydrogens is 267 g/mol. The summed E-state index contributed by atoms with van der Waals surface area (Å²) in [4.78, 5) is 4.49. The highest BCUT2D eigenvalue weighted by molar-refractivity contribution is 7.44. The van der Waals surface area contributed by atoms with E-state index < -0.39 is 7.80 Å². The quantitative estimate of drug-likeness (QED) is 0.829. The number of aryl methyl sites for hydroxylation is 1. The summed E-state index contributed by atoms with van der Waals surface area (Å²) < 4.78 is 11.5. The van der Waals surface area contributed by atoms with Gasteiger partial charge in [-0.25, -0.2) is 0 Å². The van der Waals surface area contributed by atoms with Crippen LogP contribution in [0.4, 0.5) is 0 Å². The molecule has 0 amide bonds. The molecule has 1 aromatic carbocycles. The predicted molar refractivity (Wildman–Crippen MR) is 85.7 cm³/mol. The molecular formula is C16H21N2OP. The van der Waals surface area contributed by atoms with Gasteiger partial charge in [0.25, 0.3) is 0 Å².